The number of ether oxygens (including phenoxy) is 1. The maximum Gasteiger partial charge on any atom is 0.260 e. The van der Waals surface area contributed by atoms with E-state index >= 15 is 0 Å². The van der Waals surface area contributed by atoms with Crippen LogP contribution in [0, 0.1) is 13.8 Å². The molecule has 0 saturated carbocycles. The number of rotatable bonds is 6. The number of carbonyl (C=O) groups excluding carboxylic acids is 2. The van der Waals surface area contributed by atoms with Crippen LogP contribution in [0.3, 0.4) is 0 Å². The van der Waals surface area contributed by atoms with Crippen LogP contribution >= 0.6 is 0 Å². The Bertz CT molecular complexity index is 869. The molecule has 0 aliphatic carbocycles. The molecule has 0 atom stereocenters. The van der Waals surface area contributed by atoms with Gasteiger partial charge in [0.2, 0.25) is 5.91 Å². The molecule has 0 aromatic heterocycles. The highest BCUT2D eigenvalue weighted by Gasteiger charge is 2.23. The van der Waals surface area contributed by atoms with Crippen molar-refractivity contribution >= 4 is 17.9 Å². The SMILES string of the molecule is Cc1cccc(OCC(=O)N2CCC(NC(=O)/C=C/c3ccccc3)CC2)c1C. The van der Waals surface area contributed by atoms with Crippen LogP contribution in [0.25, 0.3) is 6.08 Å². The van der Waals surface area contributed by atoms with Crippen LogP contribution in [0.2, 0.25) is 0 Å². The smallest absolute Gasteiger partial charge is 0.260 e. The van der Waals surface area contributed by atoms with E-state index in [1.807, 2.05) is 67.3 Å². The number of benzene rings is 2. The first-order chi connectivity index (χ1) is 14.0. The number of aryl methyl sites for hydroxylation is 1. The minimum Gasteiger partial charge on any atom is -0.483 e. The lowest BCUT2D eigenvalue weighted by atomic mass is 10.0. The predicted molar refractivity (Wildman–Crippen MR) is 115 cm³/mol. The molecule has 2 aromatic rings. The van der Waals surface area contributed by atoms with Crippen LogP contribution in [-0.4, -0.2) is 42.5 Å². The number of nitrogens with one attached hydrogen (secondary N) is 1. The topological polar surface area (TPSA) is 58.6 Å². The molecule has 152 valence electrons. The Morgan fingerprint density at radius 3 is 2.52 bits per heavy atom. The maximum atomic E-state index is 12.5. The Kier molecular flexibility index (Phi) is 7.06. The van der Waals surface area contributed by atoms with Gasteiger partial charge < -0.3 is 15.0 Å². The summed E-state index contributed by atoms with van der Waals surface area (Å²) in [4.78, 5) is 26.4. The third-order valence-electron chi connectivity index (χ3n) is 5.33. The monoisotopic (exact) mass is 392 g/mol. The molecule has 0 spiro atoms. The van der Waals surface area contributed by atoms with E-state index in [-0.39, 0.29) is 24.5 Å². The number of hydrogen-bond acceptors (Lipinski definition) is 3. The Balaban J connectivity index is 1.41. The molecule has 29 heavy (non-hydrogen) atoms. The molecule has 1 aliphatic rings. The van der Waals surface area contributed by atoms with Crippen LogP contribution in [-0.2, 0) is 9.59 Å². The molecule has 1 fully saturated rings. The minimum absolute atomic E-state index is 0.0142. The zero-order valence-electron chi connectivity index (χ0n) is 17.1. The lowest BCUT2D eigenvalue weighted by molar-refractivity contribution is -0.134. The number of hydrogen-bond donors (Lipinski definition) is 1. The summed E-state index contributed by atoms with van der Waals surface area (Å²) >= 11 is 0. The lowest BCUT2D eigenvalue weighted by Gasteiger charge is -2.32. The van der Waals surface area contributed by atoms with E-state index in [1.54, 1.807) is 12.2 Å². The van der Waals surface area contributed by atoms with Gasteiger partial charge in [-0.1, -0.05) is 42.5 Å². The molecule has 1 aliphatic heterocycles. The van der Waals surface area contributed by atoms with Crippen LogP contribution in [0.4, 0.5) is 0 Å². The van der Waals surface area contributed by atoms with Gasteiger partial charge in [0.1, 0.15) is 5.75 Å². The number of likely N-dealkylation sites (tertiary alicyclic amines) is 1. The zero-order chi connectivity index (χ0) is 20.6. The molecular weight excluding hydrogens is 364 g/mol. The highest BCUT2D eigenvalue weighted by molar-refractivity contribution is 5.91. The van der Waals surface area contributed by atoms with Crippen molar-refractivity contribution in [1.82, 2.24) is 10.2 Å². The predicted octanol–water partition coefficient (Wildman–Crippen LogP) is 3.50. The van der Waals surface area contributed by atoms with Crippen molar-refractivity contribution in [2.24, 2.45) is 0 Å². The fraction of sp³-hybridized carbons (Fsp3) is 0.333. The van der Waals surface area contributed by atoms with Gasteiger partial charge in [0.05, 0.1) is 0 Å². The maximum absolute atomic E-state index is 12.5. The third kappa shape index (κ3) is 5.95. The van der Waals surface area contributed by atoms with Crippen molar-refractivity contribution in [2.45, 2.75) is 32.7 Å². The second-order valence-corrected chi connectivity index (χ2v) is 7.39. The van der Waals surface area contributed by atoms with Crippen LogP contribution in [0.5, 0.6) is 5.75 Å². The van der Waals surface area contributed by atoms with E-state index in [1.165, 1.54) is 0 Å². The van der Waals surface area contributed by atoms with E-state index < -0.39 is 0 Å². The zero-order valence-corrected chi connectivity index (χ0v) is 17.1. The molecule has 1 saturated heterocycles. The van der Waals surface area contributed by atoms with Gasteiger partial charge in [0.25, 0.3) is 5.91 Å². The summed E-state index contributed by atoms with van der Waals surface area (Å²) in [7, 11) is 0. The van der Waals surface area contributed by atoms with Crippen molar-refractivity contribution in [3.63, 3.8) is 0 Å². The van der Waals surface area contributed by atoms with Gasteiger partial charge in [-0.25, -0.2) is 0 Å². The van der Waals surface area contributed by atoms with Crippen molar-refractivity contribution in [3.8, 4) is 5.75 Å². The first-order valence-corrected chi connectivity index (χ1v) is 10.0. The average molecular weight is 392 g/mol. The second kappa shape index (κ2) is 9.92. The fourth-order valence-electron chi connectivity index (χ4n) is 3.37. The van der Waals surface area contributed by atoms with Gasteiger partial charge in [-0.05, 0) is 55.5 Å². The molecule has 3 rings (SSSR count). The number of nitrogens with zero attached hydrogens (tertiary/aromatic N) is 1. The van der Waals surface area contributed by atoms with Gasteiger partial charge in [0, 0.05) is 25.2 Å². The van der Waals surface area contributed by atoms with Gasteiger partial charge in [-0.2, -0.15) is 0 Å². The number of carbonyl (C=O) groups is 2. The Morgan fingerprint density at radius 2 is 1.79 bits per heavy atom. The molecule has 5 nitrogen and oxygen atoms in total. The third-order valence-corrected chi connectivity index (χ3v) is 5.33. The largest absolute Gasteiger partial charge is 0.483 e. The van der Waals surface area contributed by atoms with Gasteiger partial charge in [-0.15, -0.1) is 0 Å². The van der Waals surface area contributed by atoms with E-state index in [9.17, 15) is 9.59 Å². The van der Waals surface area contributed by atoms with Gasteiger partial charge in [0.15, 0.2) is 6.61 Å². The average Bonchev–Trinajstić information content (AvgIpc) is 2.74. The first kappa shape index (κ1) is 20.6. The van der Waals surface area contributed by atoms with E-state index in [4.69, 9.17) is 4.74 Å². The first-order valence-electron chi connectivity index (χ1n) is 10.0. The molecule has 2 amide bonds. The van der Waals surface area contributed by atoms with E-state index in [0.29, 0.717) is 13.1 Å². The molecule has 0 unspecified atom stereocenters. The molecular formula is C24H28N2O3. The highest BCUT2D eigenvalue weighted by atomic mass is 16.5. The molecule has 2 aromatic carbocycles. The van der Waals surface area contributed by atoms with Gasteiger partial charge in [-0.3, -0.25) is 9.59 Å². The summed E-state index contributed by atoms with van der Waals surface area (Å²) in [5.74, 6) is 0.641. The summed E-state index contributed by atoms with van der Waals surface area (Å²) in [6.07, 6.45) is 4.86. The Labute approximate surface area is 172 Å². The summed E-state index contributed by atoms with van der Waals surface area (Å²) < 4.78 is 5.73. The van der Waals surface area contributed by atoms with Crippen molar-refractivity contribution in [1.29, 1.82) is 0 Å². The molecule has 1 N–H and O–H groups in total. The highest BCUT2D eigenvalue weighted by Crippen LogP contribution is 2.20. The van der Waals surface area contributed by atoms with Gasteiger partial charge >= 0.3 is 0 Å². The summed E-state index contributed by atoms with van der Waals surface area (Å²) in [6.45, 7) is 5.32. The van der Waals surface area contributed by atoms with Crippen LogP contribution < -0.4 is 10.1 Å². The van der Waals surface area contributed by atoms with Crippen LogP contribution in [0.15, 0.2) is 54.6 Å². The van der Waals surface area contributed by atoms with E-state index in [0.717, 1.165) is 35.3 Å². The number of piperidine rings is 1. The Hall–Kier alpha value is -3.08. The Morgan fingerprint density at radius 1 is 1.07 bits per heavy atom. The summed E-state index contributed by atoms with van der Waals surface area (Å²) in [5, 5.41) is 3.03. The van der Waals surface area contributed by atoms with Crippen molar-refractivity contribution in [3.05, 3.63) is 71.3 Å². The van der Waals surface area contributed by atoms with E-state index in [2.05, 4.69) is 5.32 Å². The summed E-state index contributed by atoms with van der Waals surface area (Å²) in [5.41, 5.74) is 3.20. The normalized spacial score (nSPS) is 14.8. The minimum atomic E-state index is -0.100. The fourth-order valence-corrected chi connectivity index (χ4v) is 3.37. The summed E-state index contributed by atoms with van der Waals surface area (Å²) in [6, 6.07) is 15.7. The number of amides is 2. The molecule has 1 heterocycles. The van der Waals surface area contributed by atoms with Crippen molar-refractivity contribution in [2.75, 3.05) is 19.7 Å². The van der Waals surface area contributed by atoms with Crippen molar-refractivity contribution < 1.29 is 14.3 Å². The molecule has 5 heteroatoms. The quantitative estimate of drug-likeness (QED) is 0.766. The molecule has 0 bridgehead atoms. The molecule has 0 radical (unpaired) electrons. The van der Waals surface area contributed by atoms with Crippen LogP contribution in [0.1, 0.15) is 29.5 Å². The second-order valence-electron chi connectivity index (χ2n) is 7.39. The standard InChI is InChI=1S/C24H28N2O3/c1-18-7-6-10-22(19(18)2)29-17-24(28)26-15-13-21(14-16-26)25-23(27)12-11-20-8-4-3-5-9-20/h3-12,21H,13-17H2,1-2H3,(H,25,27)/b12-11+. The lowest BCUT2D eigenvalue weighted by Crippen LogP contribution is -2.47.